The molecule has 2 heterocycles. The number of hydrogen-bond donors (Lipinski definition) is 2. The fourth-order valence-corrected chi connectivity index (χ4v) is 2.72. The predicted octanol–water partition coefficient (Wildman–Crippen LogP) is 3.64. The van der Waals surface area contributed by atoms with E-state index in [0.29, 0.717) is 5.69 Å². The van der Waals surface area contributed by atoms with Gasteiger partial charge in [-0.2, -0.15) is 0 Å². The molecule has 3 aromatic rings. The van der Waals surface area contributed by atoms with E-state index in [1.807, 2.05) is 0 Å². The lowest BCUT2D eigenvalue weighted by Gasteiger charge is -2.20. The minimum Gasteiger partial charge on any atom is -0.403 e. The highest BCUT2D eigenvalue weighted by Crippen LogP contribution is 2.29. The van der Waals surface area contributed by atoms with E-state index in [9.17, 15) is 27.2 Å². The number of ether oxygens (including phenoxy) is 1. The lowest BCUT2D eigenvalue weighted by atomic mass is 10.0. The average Bonchev–Trinajstić information content (AvgIpc) is 2.67. The minimum atomic E-state index is -5.04. The van der Waals surface area contributed by atoms with Crippen LogP contribution in [0.5, 0.6) is 5.75 Å². The SMILES string of the molecule is Cc1ccnc(C(NC(=O)c2ccc(=O)[nH]c2)c2ccc(OC(F)(F)F)c(F)c2)c1. The number of halogens is 4. The van der Waals surface area contributed by atoms with E-state index < -0.39 is 35.4 Å². The Hall–Kier alpha value is -3.69. The smallest absolute Gasteiger partial charge is 0.403 e. The van der Waals surface area contributed by atoms with Crippen LogP contribution in [0, 0.1) is 12.7 Å². The van der Waals surface area contributed by atoms with E-state index in [0.717, 1.165) is 23.8 Å². The number of aromatic nitrogens is 2. The van der Waals surface area contributed by atoms with Crippen molar-refractivity contribution in [3.8, 4) is 5.75 Å². The van der Waals surface area contributed by atoms with Gasteiger partial charge in [-0.1, -0.05) is 6.07 Å². The lowest BCUT2D eigenvalue weighted by Crippen LogP contribution is -2.30. The van der Waals surface area contributed by atoms with Crippen LogP contribution in [-0.2, 0) is 0 Å². The molecule has 0 spiro atoms. The van der Waals surface area contributed by atoms with Gasteiger partial charge in [-0.15, -0.1) is 13.2 Å². The minimum absolute atomic E-state index is 0.129. The van der Waals surface area contributed by atoms with E-state index in [1.165, 1.54) is 24.5 Å². The van der Waals surface area contributed by atoms with Gasteiger partial charge in [0.15, 0.2) is 11.6 Å². The zero-order chi connectivity index (χ0) is 21.9. The molecule has 0 aliphatic rings. The Bertz CT molecular complexity index is 1110. The monoisotopic (exact) mass is 421 g/mol. The maximum atomic E-state index is 14.2. The number of carbonyl (C=O) groups excluding carboxylic acids is 1. The molecule has 1 aromatic carbocycles. The Morgan fingerprint density at radius 3 is 2.53 bits per heavy atom. The van der Waals surface area contributed by atoms with Gasteiger partial charge in [-0.05, 0) is 48.4 Å². The number of amides is 1. The molecule has 30 heavy (non-hydrogen) atoms. The summed E-state index contributed by atoms with van der Waals surface area (Å²) >= 11 is 0. The van der Waals surface area contributed by atoms with Crippen molar-refractivity contribution in [1.29, 1.82) is 0 Å². The highest BCUT2D eigenvalue weighted by Gasteiger charge is 2.32. The summed E-state index contributed by atoms with van der Waals surface area (Å²) in [6.07, 6.45) is -2.35. The molecule has 0 aliphatic heterocycles. The average molecular weight is 421 g/mol. The van der Waals surface area contributed by atoms with Crippen molar-refractivity contribution in [2.24, 2.45) is 0 Å². The topological polar surface area (TPSA) is 84.1 Å². The summed E-state index contributed by atoms with van der Waals surface area (Å²) < 4.78 is 55.1. The third-order valence-corrected chi connectivity index (χ3v) is 4.07. The van der Waals surface area contributed by atoms with E-state index in [-0.39, 0.29) is 11.1 Å². The van der Waals surface area contributed by atoms with E-state index in [4.69, 9.17) is 0 Å². The normalized spacial score (nSPS) is 12.3. The Balaban J connectivity index is 1.97. The standard InChI is InChI=1S/C20H15F4N3O3/c1-11-6-7-25-15(8-11)18(27-19(29)13-3-5-17(28)26-10-13)12-2-4-16(14(21)9-12)30-20(22,23)24/h2-10,18H,1H3,(H,26,28)(H,27,29). The number of pyridine rings is 2. The number of H-pyrrole nitrogens is 1. The van der Waals surface area contributed by atoms with Gasteiger partial charge in [0.25, 0.3) is 5.91 Å². The van der Waals surface area contributed by atoms with Crippen LogP contribution in [0.15, 0.2) is 59.7 Å². The second-order valence-electron chi connectivity index (χ2n) is 6.34. The molecule has 10 heteroatoms. The summed E-state index contributed by atoms with van der Waals surface area (Å²) in [7, 11) is 0. The third kappa shape index (κ3) is 5.22. The molecule has 0 bridgehead atoms. The first kappa shape index (κ1) is 21.0. The molecule has 2 N–H and O–H groups in total. The maximum Gasteiger partial charge on any atom is 0.573 e. The summed E-state index contributed by atoms with van der Waals surface area (Å²) in [5.74, 6) is -2.84. The summed E-state index contributed by atoms with van der Waals surface area (Å²) in [5.41, 5.74) is 1.03. The summed E-state index contributed by atoms with van der Waals surface area (Å²) in [4.78, 5) is 30.3. The predicted molar refractivity (Wildman–Crippen MR) is 98.4 cm³/mol. The first-order valence-corrected chi connectivity index (χ1v) is 8.60. The number of nitrogens with one attached hydrogen (secondary N) is 2. The highest BCUT2D eigenvalue weighted by molar-refractivity contribution is 5.94. The fraction of sp³-hybridized carbons (Fsp3) is 0.150. The quantitative estimate of drug-likeness (QED) is 0.617. The van der Waals surface area contributed by atoms with Crippen molar-refractivity contribution in [1.82, 2.24) is 15.3 Å². The number of nitrogens with zero attached hydrogens (tertiary/aromatic N) is 1. The van der Waals surface area contributed by atoms with Crippen LogP contribution in [0.3, 0.4) is 0 Å². The second-order valence-corrected chi connectivity index (χ2v) is 6.34. The first-order valence-electron chi connectivity index (χ1n) is 8.60. The second kappa shape index (κ2) is 8.36. The number of aryl methyl sites for hydroxylation is 1. The van der Waals surface area contributed by atoms with Crippen molar-refractivity contribution >= 4 is 5.91 Å². The molecule has 156 valence electrons. The van der Waals surface area contributed by atoms with Gasteiger partial charge in [-0.3, -0.25) is 14.6 Å². The van der Waals surface area contributed by atoms with Crippen molar-refractivity contribution in [3.63, 3.8) is 0 Å². The molecule has 0 aliphatic carbocycles. The van der Waals surface area contributed by atoms with Crippen molar-refractivity contribution in [3.05, 3.63) is 93.4 Å². The molecule has 0 radical (unpaired) electrons. The Morgan fingerprint density at radius 1 is 1.17 bits per heavy atom. The number of aromatic amines is 1. The van der Waals surface area contributed by atoms with Crippen LogP contribution in [-0.4, -0.2) is 22.2 Å². The van der Waals surface area contributed by atoms with Crippen LogP contribution in [0.2, 0.25) is 0 Å². The molecule has 0 fully saturated rings. The van der Waals surface area contributed by atoms with Gasteiger partial charge in [0.2, 0.25) is 5.56 Å². The van der Waals surface area contributed by atoms with Crippen molar-refractivity contribution in [2.75, 3.05) is 0 Å². The summed E-state index contributed by atoms with van der Waals surface area (Å²) in [6, 6.07) is 7.72. The molecule has 1 unspecified atom stereocenters. The maximum absolute atomic E-state index is 14.2. The number of carbonyl (C=O) groups is 1. The van der Waals surface area contributed by atoms with Crippen LogP contribution >= 0.6 is 0 Å². The van der Waals surface area contributed by atoms with E-state index in [1.54, 1.807) is 19.1 Å². The molecule has 6 nitrogen and oxygen atoms in total. The van der Waals surface area contributed by atoms with Crippen LogP contribution < -0.4 is 15.6 Å². The van der Waals surface area contributed by atoms with Gasteiger partial charge in [0, 0.05) is 18.5 Å². The van der Waals surface area contributed by atoms with Gasteiger partial charge in [0.05, 0.1) is 17.3 Å². The first-order chi connectivity index (χ1) is 14.1. The summed E-state index contributed by atoms with van der Waals surface area (Å²) in [5, 5.41) is 2.65. The molecule has 1 amide bonds. The summed E-state index contributed by atoms with van der Waals surface area (Å²) in [6.45, 7) is 1.78. The van der Waals surface area contributed by atoms with E-state index in [2.05, 4.69) is 20.0 Å². The van der Waals surface area contributed by atoms with Crippen LogP contribution in [0.1, 0.15) is 33.2 Å². The lowest BCUT2D eigenvalue weighted by molar-refractivity contribution is -0.275. The molecule has 0 saturated carbocycles. The Kier molecular flexibility index (Phi) is 5.86. The highest BCUT2D eigenvalue weighted by atomic mass is 19.4. The molecule has 3 rings (SSSR count). The van der Waals surface area contributed by atoms with Crippen LogP contribution in [0.4, 0.5) is 17.6 Å². The van der Waals surface area contributed by atoms with Crippen molar-refractivity contribution < 1.29 is 27.1 Å². The largest absolute Gasteiger partial charge is 0.573 e. The van der Waals surface area contributed by atoms with Gasteiger partial charge < -0.3 is 15.0 Å². The zero-order valence-corrected chi connectivity index (χ0v) is 15.5. The fourth-order valence-electron chi connectivity index (χ4n) is 2.72. The number of rotatable bonds is 5. The Labute approximate surface area is 167 Å². The zero-order valence-electron chi connectivity index (χ0n) is 15.5. The van der Waals surface area contributed by atoms with Gasteiger partial charge in [0.1, 0.15) is 0 Å². The number of hydrogen-bond acceptors (Lipinski definition) is 4. The molecule has 0 saturated heterocycles. The van der Waals surface area contributed by atoms with Crippen LogP contribution in [0.25, 0.3) is 0 Å². The van der Waals surface area contributed by atoms with Gasteiger partial charge in [-0.25, -0.2) is 4.39 Å². The molecule has 1 atom stereocenters. The molecular weight excluding hydrogens is 406 g/mol. The molecule has 2 aromatic heterocycles. The van der Waals surface area contributed by atoms with Gasteiger partial charge >= 0.3 is 6.36 Å². The molecular formula is C20H15F4N3O3. The third-order valence-electron chi connectivity index (χ3n) is 4.07. The van der Waals surface area contributed by atoms with Crippen molar-refractivity contribution in [2.45, 2.75) is 19.3 Å². The number of alkyl halides is 3. The Morgan fingerprint density at radius 2 is 1.93 bits per heavy atom. The number of benzene rings is 1. The van der Waals surface area contributed by atoms with E-state index >= 15 is 0 Å².